The maximum absolute atomic E-state index is 10.2. The van der Waals surface area contributed by atoms with Crippen molar-refractivity contribution in [1.29, 1.82) is 0 Å². The molecule has 1 aromatic rings. The Bertz CT molecular complexity index is 350. The molecule has 1 rings (SSSR count). The average Bonchev–Trinajstić information content (AvgIpc) is 2.14. The van der Waals surface area contributed by atoms with Crippen LogP contribution in [0.15, 0.2) is 24.3 Å². The van der Waals surface area contributed by atoms with Crippen molar-refractivity contribution in [2.45, 2.75) is 45.4 Å². The number of benzene rings is 1. The van der Waals surface area contributed by atoms with Crippen LogP contribution < -0.4 is 5.32 Å². The van der Waals surface area contributed by atoms with E-state index in [1.807, 2.05) is 19.1 Å². The number of halogens is 2. The SMILES string of the molecule is C[C@H](NC(C)(C)C)[C@@H](O)c1cccc(Cl)c1.Cl. The summed E-state index contributed by atoms with van der Waals surface area (Å²) in [6.07, 6.45) is -0.544. The van der Waals surface area contributed by atoms with Gasteiger partial charge in [0.05, 0.1) is 6.10 Å². The number of hydrogen-bond donors (Lipinski definition) is 2. The fraction of sp³-hybridized carbons (Fsp3) is 0.538. The van der Waals surface area contributed by atoms with Crippen LogP contribution in [0.4, 0.5) is 0 Å². The standard InChI is InChI=1S/C13H20ClNO.ClH/c1-9(15-13(2,3)4)12(16)10-6-5-7-11(14)8-10;/h5-9,12,15-16H,1-4H3;1H/t9-,12+;/m0./s1. The fourth-order valence-electron chi connectivity index (χ4n) is 1.74. The topological polar surface area (TPSA) is 32.3 Å². The Balaban J connectivity index is 0.00000256. The normalized spacial score (nSPS) is 14.9. The molecule has 0 aliphatic carbocycles. The molecule has 2 N–H and O–H groups in total. The second kappa shape index (κ2) is 6.60. The molecule has 0 aliphatic rings. The van der Waals surface area contributed by atoms with E-state index >= 15 is 0 Å². The minimum Gasteiger partial charge on any atom is -0.387 e. The molecule has 1 aromatic carbocycles. The largest absolute Gasteiger partial charge is 0.387 e. The zero-order valence-electron chi connectivity index (χ0n) is 10.7. The zero-order chi connectivity index (χ0) is 12.3. The van der Waals surface area contributed by atoms with Crippen molar-refractivity contribution in [1.82, 2.24) is 5.32 Å². The van der Waals surface area contributed by atoms with E-state index in [4.69, 9.17) is 11.6 Å². The predicted octanol–water partition coefficient (Wildman–Crippen LogP) is 3.57. The first-order valence-corrected chi connectivity index (χ1v) is 5.88. The molecule has 0 aliphatic heterocycles. The lowest BCUT2D eigenvalue weighted by Gasteiger charge is -2.29. The van der Waals surface area contributed by atoms with E-state index in [-0.39, 0.29) is 24.0 Å². The van der Waals surface area contributed by atoms with Gasteiger partial charge in [-0.2, -0.15) is 0 Å². The van der Waals surface area contributed by atoms with Gasteiger partial charge in [0, 0.05) is 16.6 Å². The minimum absolute atomic E-state index is 0. The van der Waals surface area contributed by atoms with Crippen LogP contribution in [0.2, 0.25) is 5.02 Å². The molecule has 0 saturated heterocycles. The molecule has 17 heavy (non-hydrogen) atoms. The van der Waals surface area contributed by atoms with Gasteiger partial charge in [0.1, 0.15) is 0 Å². The van der Waals surface area contributed by atoms with Crippen molar-refractivity contribution in [3.63, 3.8) is 0 Å². The fourth-order valence-corrected chi connectivity index (χ4v) is 1.94. The molecule has 4 heteroatoms. The van der Waals surface area contributed by atoms with Crippen molar-refractivity contribution in [3.8, 4) is 0 Å². The molecule has 98 valence electrons. The monoisotopic (exact) mass is 277 g/mol. The van der Waals surface area contributed by atoms with Crippen LogP contribution in [-0.2, 0) is 0 Å². The van der Waals surface area contributed by atoms with E-state index in [2.05, 4.69) is 26.1 Å². The molecular weight excluding hydrogens is 257 g/mol. The number of rotatable bonds is 3. The highest BCUT2D eigenvalue weighted by molar-refractivity contribution is 6.30. The summed E-state index contributed by atoms with van der Waals surface area (Å²) < 4.78 is 0. The average molecular weight is 278 g/mol. The Labute approximate surface area is 115 Å². The summed E-state index contributed by atoms with van der Waals surface area (Å²) in [6.45, 7) is 8.20. The number of hydrogen-bond acceptors (Lipinski definition) is 2. The van der Waals surface area contributed by atoms with Gasteiger partial charge in [-0.25, -0.2) is 0 Å². The summed E-state index contributed by atoms with van der Waals surface area (Å²) in [6, 6.07) is 7.33. The third kappa shape index (κ3) is 5.73. The first-order chi connectivity index (χ1) is 7.29. The Hall–Kier alpha value is -0.280. The molecule has 2 atom stereocenters. The van der Waals surface area contributed by atoms with Crippen LogP contribution in [0.25, 0.3) is 0 Å². The molecule has 0 aromatic heterocycles. The van der Waals surface area contributed by atoms with Gasteiger partial charge < -0.3 is 10.4 Å². The highest BCUT2D eigenvalue weighted by Crippen LogP contribution is 2.21. The van der Waals surface area contributed by atoms with Crippen LogP contribution in [0.5, 0.6) is 0 Å². The second-order valence-corrected chi connectivity index (χ2v) is 5.62. The summed E-state index contributed by atoms with van der Waals surface area (Å²) in [5, 5.41) is 14.2. The van der Waals surface area contributed by atoms with Crippen LogP contribution in [0.3, 0.4) is 0 Å². The molecule has 0 unspecified atom stereocenters. The van der Waals surface area contributed by atoms with Crippen molar-refractivity contribution in [2.24, 2.45) is 0 Å². The number of aliphatic hydroxyl groups is 1. The summed E-state index contributed by atoms with van der Waals surface area (Å²) in [7, 11) is 0. The maximum atomic E-state index is 10.2. The molecule has 0 bridgehead atoms. The van der Waals surface area contributed by atoms with Gasteiger partial charge in [0.15, 0.2) is 0 Å². The van der Waals surface area contributed by atoms with Crippen LogP contribution in [0.1, 0.15) is 39.4 Å². The van der Waals surface area contributed by atoms with E-state index in [0.717, 1.165) is 5.56 Å². The van der Waals surface area contributed by atoms with Gasteiger partial charge in [-0.3, -0.25) is 0 Å². The summed E-state index contributed by atoms with van der Waals surface area (Å²) in [4.78, 5) is 0. The van der Waals surface area contributed by atoms with Crippen molar-refractivity contribution < 1.29 is 5.11 Å². The highest BCUT2D eigenvalue weighted by Gasteiger charge is 2.21. The van der Waals surface area contributed by atoms with E-state index in [9.17, 15) is 5.11 Å². The van der Waals surface area contributed by atoms with Gasteiger partial charge in [-0.1, -0.05) is 23.7 Å². The van der Waals surface area contributed by atoms with E-state index < -0.39 is 6.10 Å². The Kier molecular flexibility index (Phi) is 6.49. The van der Waals surface area contributed by atoms with E-state index in [0.29, 0.717) is 5.02 Å². The Morgan fingerprint density at radius 1 is 1.29 bits per heavy atom. The first kappa shape index (κ1) is 16.7. The first-order valence-electron chi connectivity index (χ1n) is 5.51. The lowest BCUT2D eigenvalue weighted by molar-refractivity contribution is 0.121. The molecule has 0 heterocycles. The quantitative estimate of drug-likeness (QED) is 0.885. The minimum atomic E-state index is -0.544. The number of aliphatic hydroxyl groups excluding tert-OH is 1. The third-order valence-electron chi connectivity index (χ3n) is 2.32. The van der Waals surface area contributed by atoms with Crippen molar-refractivity contribution >= 4 is 24.0 Å². The van der Waals surface area contributed by atoms with Crippen LogP contribution in [-0.4, -0.2) is 16.7 Å². The third-order valence-corrected chi connectivity index (χ3v) is 2.56. The number of nitrogens with one attached hydrogen (secondary N) is 1. The summed E-state index contributed by atoms with van der Waals surface area (Å²) in [5.41, 5.74) is 0.829. The molecule has 0 radical (unpaired) electrons. The lowest BCUT2D eigenvalue weighted by atomic mass is 10.00. The summed E-state index contributed by atoms with van der Waals surface area (Å²) >= 11 is 5.90. The van der Waals surface area contributed by atoms with Gasteiger partial charge in [-0.05, 0) is 45.4 Å². The van der Waals surface area contributed by atoms with Crippen molar-refractivity contribution in [3.05, 3.63) is 34.9 Å². The molecular formula is C13H21Cl2NO. The van der Waals surface area contributed by atoms with E-state index in [1.54, 1.807) is 12.1 Å². The Morgan fingerprint density at radius 3 is 2.35 bits per heavy atom. The smallest absolute Gasteiger partial charge is 0.0940 e. The molecule has 2 nitrogen and oxygen atoms in total. The molecule has 0 fully saturated rings. The Morgan fingerprint density at radius 2 is 1.88 bits per heavy atom. The van der Waals surface area contributed by atoms with Gasteiger partial charge >= 0.3 is 0 Å². The van der Waals surface area contributed by atoms with E-state index in [1.165, 1.54) is 0 Å². The predicted molar refractivity (Wildman–Crippen MR) is 76.0 cm³/mol. The highest BCUT2D eigenvalue weighted by atomic mass is 35.5. The van der Waals surface area contributed by atoms with Gasteiger partial charge in [0.25, 0.3) is 0 Å². The molecule has 0 spiro atoms. The zero-order valence-corrected chi connectivity index (χ0v) is 12.3. The lowest BCUT2D eigenvalue weighted by Crippen LogP contribution is -2.44. The second-order valence-electron chi connectivity index (χ2n) is 5.18. The summed E-state index contributed by atoms with van der Waals surface area (Å²) in [5.74, 6) is 0. The van der Waals surface area contributed by atoms with Crippen LogP contribution in [0, 0.1) is 0 Å². The van der Waals surface area contributed by atoms with Crippen molar-refractivity contribution in [2.75, 3.05) is 0 Å². The van der Waals surface area contributed by atoms with Crippen LogP contribution >= 0.6 is 24.0 Å². The molecule has 0 amide bonds. The van der Waals surface area contributed by atoms with Gasteiger partial charge in [-0.15, -0.1) is 12.4 Å². The van der Waals surface area contributed by atoms with Gasteiger partial charge in [0.2, 0.25) is 0 Å². The molecule has 0 saturated carbocycles. The maximum Gasteiger partial charge on any atom is 0.0940 e.